The van der Waals surface area contributed by atoms with Crippen LogP contribution in [0.4, 0.5) is 22.0 Å². The molecule has 1 rings (SSSR count). The molecule has 9 heteroatoms. The van der Waals surface area contributed by atoms with Crippen LogP contribution in [0.15, 0.2) is 24.3 Å². The van der Waals surface area contributed by atoms with Crippen LogP contribution >= 0.6 is 0 Å². The number of benzene rings is 1. The Morgan fingerprint density at radius 1 is 1.26 bits per heavy atom. The van der Waals surface area contributed by atoms with Crippen molar-refractivity contribution in [1.82, 2.24) is 5.48 Å². The predicted octanol–water partition coefficient (Wildman–Crippen LogP) is 2.51. The SMILES string of the molecule is O=C(NOCC(F)(F)F)c1ccccc1OC(F)F. The molecule has 1 N–H and O–H groups in total. The van der Waals surface area contributed by atoms with Gasteiger partial charge in [-0.3, -0.25) is 9.63 Å². The molecule has 106 valence electrons. The second-order valence-electron chi connectivity index (χ2n) is 3.21. The van der Waals surface area contributed by atoms with Gasteiger partial charge in [-0.1, -0.05) is 12.1 Å². The summed E-state index contributed by atoms with van der Waals surface area (Å²) in [7, 11) is 0. The minimum absolute atomic E-state index is 0.370. The monoisotopic (exact) mass is 285 g/mol. The highest BCUT2D eigenvalue weighted by atomic mass is 19.4. The average molecular weight is 285 g/mol. The van der Waals surface area contributed by atoms with Crippen LogP contribution in [-0.4, -0.2) is 25.3 Å². The molecular weight excluding hydrogens is 277 g/mol. The summed E-state index contributed by atoms with van der Waals surface area (Å²) in [6.45, 7) is -4.86. The predicted molar refractivity (Wildman–Crippen MR) is 52.5 cm³/mol. The van der Waals surface area contributed by atoms with E-state index in [9.17, 15) is 26.7 Å². The fraction of sp³-hybridized carbons (Fsp3) is 0.300. The van der Waals surface area contributed by atoms with E-state index in [1.165, 1.54) is 17.6 Å². The zero-order valence-corrected chi connectivity index (χ0v) is 9.21. The lowest BCUT2D eigenvalue weighted by Crippen LogP contribution is -2.29. The maximum absolute atomic E-state index is 12.0. The number of rotatable bonds is 5. The Labute approximate surface area is 104 Å². The van der Waals surface area contributed by atoms with Gasteiger partial charge in [0, 0.05) is 0 Å². The number of carbonyl (C=O) groups is 1. The highest BCUT2D eigenvalue weighted by Gasteiger charge is 2.28. The lowest BCUT2D eigenvalue weighted by molar-refractivity contribution is -0.184. The summed E-state index contributed by atoms with van der Waals surface area (Å²) in [5, 5.41) is 0. The lowest BCUT2D eigenvalue weighted by Gasteiger charge is -2.11. The van der Waals surface area contributed by atoms with Gasteiger partial charge in [-0.2, -0.15) is 22.0 Å². The van der Waals surface area contributed by atoms with Crippen molar-refractivity contribution in [2.75, 3.05) is 6.61 Å². The molecule has 0 spiro atoms. The summed E-state index contributed by atoms with van der Waals surface area (Å²) in [5.74, 6) is -1.59. The molecule has 0 aliphatic heterocycles. The van der Waals surface area contributed by atoms with Gasteiger partial charge in [0.25, 0.3) is 5.91 Å². The normalized spacial score (nSPS) is 11.5. The fourth-order valence-electron chi connectivity index (χ4n) is 1.09. The van der Waals surface area contributed by atoms with Crippen LogP contribution in [0.1, 0.15) is 10.4 Å². The van der Waals surface area contributed by atoms with Crippen LogP contribution in [0, 0.1) is 0 Å². The highest BCUT2D eigenvalue weighted by molar-refractivity contribution is 5.96. The van der Waals surface area contributed by atoms with Crippen LogP contribution < -0.4 is 10.2 Å². The third kappa shape index (κ3) is 5.51. The van der Waals surface area contributed by atoms with Crippen molar-refractivity contribution >= 4 is 5.91 Å². The zero-order valence-electron chi connectivity index (χ0n) is 9.21. The van der Waals surface area contributed by atoms with Gasteiger partial charge < -0.3 is 4.74 Å². The van der Waals surface area contributed by atoms with Crippen molar-refractivity contribution in [3.05, 3.63) is 29.8 Å². The first-order valence-electron chi connectivity index (χ1n) is 4.82. The molecule has 0 unspecified atom stereocenters. The van der Waals surface area contributed by atoms with E-state index in [-0.39, 0.29) is 5.56 Å². The molecule has 0 atom stereocenters. The van der Waals surface area contributed by atoms with Gasteiger partial charge in [0.1, 0.15) is 5.75 Å². The Morgan fingerprint density at radius 2 is 1.89 bits per heavy atom. The molecular formula is C10H8F5NO3. The van der Waals surface area contributed by atoms with Crippen LogP contribution in [0.5, 0.6) is 5.75 Å². The standard InChI is InChI=1S/C10H8F5NO3/c11-9(12)19-7-4-2-1-3-6(7)8(17)16-18-5-10(13,14)15/h1-4,9H,5H2,(H,16,17). The Kier molecular flexibility index (Phi) is 5.04. The summed E-state index contributed by atoms with van der Waals surface area (Å²) in [5.41, 5.74) is 1.11. The number of hydrogen-bond donors (Lipinski definition) is 1. The maximum Gasteiger partial charge on any atom is 0.414 e. The molecule has 0 saturated heterocycles. The van der Waals surface area contributed by atoms with Gasteiger partial charge in [-0.15, -0.1) is 0 Å². The number of hydroxylamine groups is 1. The quantitative estimate of drug-likeness (QED) is 0.668. The molecule has 1 aromatic rings. The van der Waals surface area contributed by atoms with E-state index in [0.29, 0.717) is 0 Å². The molecule has 1 amide bonds. The second-order valence-corrected chi connectivity index (χ2v) is 3.21. The molecule has 1 aromatic carbocycles. The van der Waals surface area contributed by atoms with E-state index in [1.807, 2.05) is 0 Å². The number of carbonyl (C=O) groups excluding carboxylic acids is 1. The highest BCUT2D eigenvalue weighted by Crippen LogP contribution is 2.20. The van der Waals surface area contributed by atoms with Gasteiger partial charge in [0.05, 0.1) is 5.56 Å². The Morgan fingerprint density at radius 3 is 2.47 bits per heavy atom. The second kappa shape index (κ2) is 6.32. The first-order valence-corrected chi connectivity index (χ1v) is 4.82. The number of nitrogens with one attached hydrogen (secondary N) is 1. The van der Waals surface area contributed by atoms with Crippen molar-refractivity contribution < 1.29 is 36.3 Å². The largest absolute Gasteiger partial charge is 0.434 e. The Balaban J connectivity index is 2.66. The molecule has 0 aliphatic rings. The minimum Gasteiger partial charge on any atom is -0.434 e. The van der Waals surface area contributed by atoms with E-state index in [0.717, 1.165) is 12.1 Å². The number of hydrogen-bond acceptors (Lipinski definition) is 3. The topological polar surface area (TPSA) is 47.6 Å². The minimum atomic E-state index is -4.62. The van der Waals surface area contributed by atoms with Gasteiger partial charge in [0.15, 0.2) is 6.61 Å². The van der Waals surface area contributed by atoms with E-state index >= 15 is 0 Å². The van der Waals surface area contributed by atoms with E-state index in [2.05, 4.69) is 9.57 Å². The van der Waals surface area contributed by atoms with Crippen molar-refractivity contribution in [1.29, 1.82) is 0 Å². The molecule has 0 aromatic heterocycles. The van der Waals surface area contributed by atoms with Gasteiger partial charge in [0.2, 0.25) is 0 Å². The van der Waals surface area contributed by atoms with Crippen molar-refractivity contribution in [3.8, 4) is 5.75 Å². The van der Waals surface area contributed by atoms with Crippen LogP contribution in [-0.2, 0) is 4.84 Å². The number of halogens is 5. The number of alkyl halides is 5. The van der Waals surface area contributed by atoms with E-state index in [4.69, 9.17) is 0 Å². The summed E-state index contributed by atoms with van der Waals surface area (Å²) in [6, 6.07) is 4.83. The van der Waals surface area contributed by atoms with Crippen molar-refractivity contribution in [3.63, 3.8) is 0 Å². The maximum atomic E-state index is 12.0. The third-order valence-electron chi connectivity index (χ3n) is 1.75. The van der Waals surface area contributed by atoms with Crippen LogP contribution in [0.25, 0.3) is 0 Å². The van der Waals surface area contributed by atoms with Crippen molar-refractivity contribution in [2.24, 2.45) is 0 Å². The van der Waals surface area contributed by atoms with Crippen molar-refractivity contribution in [2.45, 2.75) is 12.8 Å². The smallest absolute Gasteiger partial charge is 0.414 e. The van der Waals surface area contributed by atoms with E-state index in [1.54, 1.807) is 0 Å². The Bertz CT molecular complexity index is 435. The molecule has 4 nitrogen and oxygen atoms in total. The number of ether oxygens (including phenoxy) is 1. The molecule has 0 saturated carbocycles. The molecule has 0 radical (unpaired) electrons. The summed E-state index contributed by atoms with van der Waals surface area (Å²) >= 11 is 0. The number of amides is 1. The first-order chi connectivity index (χ1) is 8.79. The summed E-state index contributed by atoms with van der Waals surface area (Å²) < 4.78 is 63.4. The molecule has 0 heterocycles. The third-order valence-corrected chi connectivity index (χ3v) is 1.75. The molecule has 19 heavy (non-hydrogen) atoms. The van der Waals surface area contributed by atoms with E-state index < -0.39 is 31.1 Å². The zero-order chi connectivity index (χ0) is 14.5. The molecule has 0 bridgehead atoms. The molecule has 0 aliphatic carbocycles. The molecule has 0 fully saturated rings. The van der Waals surface area contributed by atoms with Gasteiger partial charge >= 0.3 is 12.8 Å². The van der Waals surface area contributed by atoms with Gasteiger partial charge in [-0.05, 0) is 12.1 Å². The average Bonchev–Trinajstić information content (AvgIpc) is 2.27. The summed E-state index contributed by atoms with van der Waals surface area (Å²) in [6.07, 6.45) is -4.62. The number of para-hydroxylation sites is 1. The fourth-order valence-corrected chi connectivity index (χ4v) is 1.09. The summed E-state index contributed by atoms with van der Waals surface area (Å²) in [4.78, 5) is 15.3. The van der Waals surface area contributed by atoms with Crippen LogP contribution in [0.3, 0.4) is 0 Å². The lowest BCUT2D eigenvalue weighted by atomic mass is 10.2. The Hall–Kier alpha value is -1.90. The first kappa shape index (κ1) is 15.2. The van der Waals surface area contributed by atoms with Crippen LogP contribution in [0.2, 0.25) is 0 Å². The van der Waals surface area contributed by atoms with Gasteiger partial charge in [-0.25, -0.2) is 5.48 Å².